The van der Waals surface area contributed by atoms with Gasteiger partial charge in [-0.05, 0) is 12.8 Å². The van der Waals surface area contributed by atoms with Crippen LogP contribution in [-0.2, 0) is 0 Å². The monoisotopic (exact) mass is 186 g/mol. The first-order chi connectivity index (χ1) is 6.09. The molecule has 0 spiro atoms. The molecule has 0 aromatic rings. The van der Waals surface area contributed by atoms with Crippen molar-refractivity contribution in [3.63, 3.8) is 0 Å². The van der Waals surface area contributed by atoms with E-state index in [-0.39, 0.29) is 12.1 Å². The molecule has 3 heteroatoms. The molecule has 1 fully saturated rings. The summed E-state index contributed by atoms with van der Waals surface area (Å²) < 4.78 is 0. The Balaban J connectivity index is 2.33. The van der Waals surface area contributed by atoms with Crippen LogP contribution in [0, 0.1) is 5.92 Å². The van der Waals surface area contributed by atoms with Crippen LogP contribution in [0.15, 0.2) is 0 Å². The number of nitrogens with zero attached hydrogens (tertiary/aromatic N) is 1. The number of hydrogen-bond acceptors (Lipinski definition) is 3. The van der Waals surface area contributed by atoms with Crippen LogP contribution in [0.25, 0.3) is 0 Å². The molecular weight excluding hydrogens is 164 g/mol. The molecule has 1 aliphatic heterocycles. The third-order valence-electron chi connectivity index (χ3n) is 2.50. The Labute approximate surface area is 81.1 Å². The molecule has 0 bridgehead atoms. The molecule has 1 saturated heterocycles. The molecule has 13 heavy (non-hydrogen) atoms. The highest BCUT2D eigenvalue weighted by Crippen LogP contribution is 2.05. The van der Waals surface area contributed by atoms with Gasteiger partial charge in [0.05, 0.1) is 6.10 Å². The Morgan fingerprint density at radius 3 is 2.69 bits per heavy atom. The first-order valence-electron chi connectivity index (χ1n) is 5.23. The van der Waals surface area contributed by atoms with Crippen molar-refractivity contribution < 1.29 is 5.11 Å². The molecule has 0 aromatic carbocycles. The van der Waals surface area contributed by atoms with Crippen LogP contribution in [0.1, 0.15) is 20.8 Å². The maximum atomic E-state index is 9.44. The van der Waals surface area contributed by atoms with Gasteiger partial charge < -0.3 is 15.3 Å². The van der Waals surface area contributed by atoms with Gasteiger partial charge in [0, 0.05) is 32.2 Å². The lowest BCUT2D eigenvalue weighted by atomic mass is 10.1. The van der Waals surface area contributed by atoms with E-state index >= 15 is 0 Å². The Bertz CT molecular complexity index is 148. The van der Waals surface area contributed by atoms with Crippen LogP contribution in [-0.4, -0.2) is 48.3 Å². The Morgan fingerprint density at radius 1 is 1.46 bits per heavy atom. The second-order valence-corrected chi connectivity index (χ2v) is 4.45. The fraction of sp³-hybridized carbons (Fsp3) is 1.00. The van der Waals surface area contributed by atoms with Crippen LogP contribution in [0.3, 0.4) is 0 Å². The van der Waals surface area contributed by atoms with E-state index in [0.29, 0.717) is 5.92 Å². The minimum atomic E-state index is -0.241. The van der Waals surface area contributed by atoms with Gasteiger partial charge >= 0.3 is 0 Å². The Morgan fingerprint density at radius 2 is 2.15 bits per heavy atom. The fourth-order valence-electron chi connectivity index (χ4n) is 1.85. The number of rotatable bonds is 3. The maximum Gasteiger partial charge on any atom is 0.0677 e. The van der Waals surface area contributed by atoms with E-state index in [0.717, 1.165) is 26.2 Å². The SMILES string of the molecule is CC(C)CN1CCNC(C(C)O)C1. The van der Waals surface area contributed by atoms with Crippen molar-refractivity contribution in [3.05, 3.63) is 0 Å². The molecule has 2 N–H and O–H groups in total. The number of aliphatic hydroxyl groups is 1. The number of hydrogen-bond donors (Lipinski definition) is 2. The summed E-state index contributed by atoms with van der Waals surface area (Å²) in [7, 11) is 0. The normalized spacial score (nSPS) is 27.9. The smallest absolute Gasteiger partial charge is 0.0677 e. The predicted octanol–water partition coefficient (Wildman–Crippen LogP) is 0.297. The standard InChI is InChI=1S/C10H22N2O/c1-8(2)6-12-5-4-11-10(7-12)9(3)13/h8-11,13H,4-7H2,1-3H3. The quantitative estimate of drug-likeness (QED) is 0.665. The zero-order valence-electron chi connectivity index (χ0n) is 8.95. The molecule has 0 aliphatic carbocycles. The second kappa shape index (κ2) is 4.94. The summed E-state index contributed by atoms with van der Waals surface area (Å²) in [5.41, 5.74) is 0. The highest BCUT2D eigenvalue weighted by atomic mass is 16.3. The Hall–Kier alpha value is -0.120. The average molecular weight is 186 g/mol. The van der Waals surface area contributed by atoms with Crippen molar-refractivity contribution >= 4 is 0 Å². The first kappa shape index (κ1) is 11.0. The highest BCUT2D eigenvalue weighted by molar-refractivity contribution is 4.82. The van der Waals surface area contributed by atoms with Gasteiger partial charge in [-0.3, -0.25) is 0 Å². The number of nitrogens with one attached hydrogen (secondary N) is 1. The molecule has 1 aliphatic rings. The molecule has 0 radical (unpaired) electrons. The van der Waals surface area contributed by atoms with Crippen LogP contribution in [0.2, 0.25) is 0 Å². The summed E-state index contributed by atoms with van der Waals surface area (Å²) in [4.78, 5) is 2.43. The molecule has 0 saturated carbocycles. The van der Waals surface area contributed by atoms with Crippen molar-refractivity contribution in [1.29, 1.82) is 0 Å². The van der Waals surface area contributed by atoms with Gasteiger partial charge in [0.1, 0.15) is 0 Å². The average Bonchev–Trinajstić information content (AvgIpc) is 2.03. The molecule has 2 atom stereocenters. The van der Waals surface area contributed by atoms with Crippen LogP contribution < -0.4 is 5.32 Å². The van der Waals surface area contributed by atoms with Gasteiger partial charge in [-0.2, -0.15) is 0 Å². The van der Waals surface area contributed by atoms with Crippen molar-refractivity contribution in [1.82, 2.24) is 10.2 Å². The summed E-state index contributed by atoms with van der Waals surface area (Å²) in [6, 6.07) is 0.257. The molecular formula is C10H22N2O. The van der Waals surface area contributed by atoms with Gasteiger partial charge in [0.25, 0.3) is 0 Å². The van der Waals surface area contributed by atoms with Crippen molar-refractivity contribution in [3.8, 4) is 0 Å². The van der Waals surface area contributed by atoms with Crippen molar-refractivity contribution in [2.24, 2.45) is 5.92 Å². The van der Waals surface area contributed by atoms with E-state index in [2.05, 4.69) is 24.1 Å². The lowest BCUT2D eigenvalue weighted by Crippen LogP contribution is -2.55. The molecule has 1 rings (SSSR count). The van der Waals surface area contributed by atoms with Crippen LogP contribution in [0.4, 0.5) is 0 Å². The molecule has 0 aromatic heterocycles. The number of aliphatic hydroxyl groups excluding tert-OH is 1. The third kappa shape index (κ3) is 3.63. The van der Waals surface area contributed by atoms with E-state index < -0.39 is 0 Å². The van der Waals surface area contributed by atoms with Crippen LogP contribution >= 0.6 is 0 Å². The summed E-state index contributed by atoms with van der Waals surface area (Å²) in [5.74, 6) is 0.716. The van der Waals surface area contributed by atoms with Crippen molar-refractivity contribution in [2.75, 3.05) is 26.2 Å². The summed E-state index contributed by atoms with van der Waals surface area (Å²) in [6.45, 7) is 10.6. The molecule has 2 unspecified atom stereocenters. The fourth-order valence-corrected chi connectivity index (χ4v) is 1.85. The Kier molecular flexibility index (Phi) is 4.16. The topological polar surface area (TPSA) is 35.5 Å². The van der Waals surface area contributed by atoms with Gasteiger partial charge in [-0.15, -0.1) is 0 Å². The van der Waals surface area contributed by atoms with Crippen molar-refractivity contribution in [2.45, 2.75) is 32.9 Å². The van der Waals surface area contributed by atoms with Gasteiger partial charge in [0.15, 0.2) is 0 Å². The first-order valence-corrected chi connectivity index (χ1v) is 5.23. The van der Waals surface area contributed by atoms with Gasteiger partial charge in [0.2, 0.25) is 0 Å². The van der Waals surface area contributed by atoms with E-state index in [4.69, 9.17) is 0 Å². The second-order valence-electron chi connectivity index (χ2n) is 4.45. The third-order valence-corrected chi connectivity index (χ3v) is 2.50. The summed E-state index contributed by atoms with van der Waals surface area (Å²) >= 11 is 0. The lowest BCUT2D eigenvalue weighted by Gasteiger charge is -2.35. The largest absolute Gasteiger partial charge is 0.392 e. The summed E-state index contributed by atoms with van der Waals surface area (Å²) in [5, 5.41) is 12.8. The van der Waals surface area contributed by atoms with E-state index in [1.807, 2.05) is 6.92 Å². The molecule has 3 nitrogen and oxygen atoms in total. The minimum absolute atomic E-state index is 0.241. The predicted molar refractivity (Wildman–Crippen MR) is 54.7 cm³/mol. The zero-order valence-corrected chi connectivity index (χ0v) is 8.95. The van der Waals surface area contributed by atoms with E-state index in [9.17, 15) is 5.11 Å². The molecule has 0 amide bonds. The zero-order chi connectivity index (χ0) is 9.84. The molecule has 1 heterocycles. The van der Waals surface area contributed by atoms with E-state index in [1.54, 1.807) is 0 Å². The minimum Gasteiger partial charge on any atom is -0.392 e. The number of piperazine rings is 1. The van der Waals surface area contributed by atoms with E-state index in [1.165, 1.54) is 0 Å². The lowest BCUT2D eigenvalue weighted by molar-refractivity contribution is 0.0867. The maximum absolute atomic E-state index is 9.44. The molecule has 78 valence electrons. The van der Waals surface area contributed by atoms with Gasteiger partial charge in [-0.1, -0.05) is 13.8 Å². The van der Waals surface area contributed by atoms with Crippen LogP contribution in [0.5, 0.6) is 0 Å². The highest BCUT2D eigenvalue weighted by Gasteiger charge is 2.22. The van der Waals surface area contributed by atoms with Gasteiger partial charge in [-0.25, -0.2) is 0 Å². The summed E-state index contributed by atoms with van der Waals surface area (Å²) in [6.07, 6.45) is -0.241.